The van der Waals surface area contributed by atoms with Crippen molar-refractivity contribution in [1.29, 1.82) is 0 Å². The third kappa shape index (κ3) is 2.20. The number of benzene rings is 3. The molecule has 3 aromatic carbocycles. The molecule has 0 saturated carbocycles. The zero-order valence-electron chi connectivity index (χ0n) is 13.2. The summed E-state index contributed by atoms with van der Waals surface area (Å²) in [6, 6.07) is 19.9. The predicted octanol–water partition coefficient (Wildman–Crippen LogP) is 6.01. The van der Waals surface area contributed by atoms with E-state index in [2.05, 4.69) is 43.3 Å². The Bertz CT molecular complexity index is 931. The summed E-state index contributed by atoms with van der Waals surface area (Å²) >= 11 is 0. The number of rotatable bonds is 1. The molecule has 1 heteroatoms. The van der Waals surface area contributed by atoms with Crippen LogP contribution >= 0.6 is 0 Å². The molecule has 0 saturated heterocycles. The van der Waals surface area contributed by atoms with Crippen LogP contribution in [-0.4, -0.2) is 0 Å². The highest BCUT2D eigenvalue weighted by Gasteiger charge is 2.27. The van der Waals surface area contributed by atoms with Gasteiger partial charge in [0.1, 0.15) is 5.82 Å². The van der Waals surface area contributed by atoms with E-state index in [1.165, 1.54) is 5.56 Å². The summed E-state index contributed by atoms with van der Waals surface area (Å²) in [5.41, 5.74) is 8.44. The van der Waals surface area contributed by atoms with Gasteiger partial charge in [0, 0.05) is 5.56 Å². The molecule has 0 bridgehead atoms. The topological polar surface area (TPSA) is 0 Å². The molecule has 0 spiro atoms. The molecule has 0 atom stereocenters. The number of aryl methyl sites for hydroxylation is 2. The van der Waals surface area contributed by atoms with Crippen LogP contribution in [0.1, 0.15) is 27.8 Å². The highest BCUT2D eigenvalue weighted by atomic mass is 19.1. The molecule has 0 aliphatic heterocycles. The van der Waals surface area contributed by atoms with Crippen LogP contribution in [0.15, 0.2) is 60.7 Å². The van der Waals surface area contributed by atoms with Gasteiger partial charge in [-0.15, -0.1) is 0 Å². The van der Waals surface area contributed by atoms with Gasteiger partial charge in [-0.05, 0) is 59.4 Å². The average Bonchev–Trinajstić information content (AvgIpc) is 2.89. The molecule has 0 nitrogen and oxygen atoms in total. The normalized spacial score (nSPS) is 14.0. The van der Waals surface area contributed by atoms with Crippen LogP contribution in [0, 0.1) is 19.7 Å². The first-order chi connectivity index (χ1) is 11.1. The molecule has 3 aromatic rings. The van der Waals surface area contributed by atoms with Gasteiger partial charge in [-0.3, -0.25) is 0 Å². The van der Waals surface area contributed by atoms with Crippen LogP contribution in [0.3, 0.4) is 0 Å². The Labute approximate surface area is 135 Å². The van der Waals surface area contributed by atoms with Crippen molar-refractivity contribution in [2.24, 2.45) is 0 Å². The maximum absolute atomic E-state index is 14.5. The van der Waals surface area contributed by atoms with Crippen molar-refractivity contribution in [3.05, 3.63) is 94.3 Å². The van der Waals surface area contributed by atoms with Crippen LogP contribution in [0.5, 0.6) is 0 Å². The maximum atomic E-state index is 14.5. The van der Waals surface area contributed by atoms with Gasteiger partial charge < -0.3 is 0 Å². The van der Waals surface area contributed by atoms with Crippen LogP contribution < -0.4 is 0 Å². The molecule has 0 radical (unpaired) electrons. The summed E-state index contributed by atoms with van der Waals surface area (Å²) in [5.74, 6) is -0.148. The maximum Gasteiger partial charge on any atom is 0.131 e. The molecular formula is C22H17F. The van der Waals surface area contributed by atoms with Gasteiger partial charge in [-0.25, -0.2) is 4.39 Å². The fourth-order valence-electron chi connectivity index (χ4n) is 3.34. The first-order valence-electron chi connectivity index (χ1n) is 7.83. The lowest BCUT2D eigenvalue weighted by atomic mass is 9.97. The Morgan fingerprint density at radius 3 is 2.17 bits per heavy atom. The Balaban J connectivity index is 2.02. The molecule has 1 aliphatic rings. The van der Waals surface area contributed by atoms with Crippen molar-refractivity contribution < 1.29 is 4.39 Å². The third-order valence-corrected chi connectivity index (χ3v) is 4.51. The lowest BCUT2D eigenvalue weighted by molar-refractivity contribution is 0.631. The lowest BCUT2D eigenvalue weighted by Gasteiger charge is -2.08. The van der Waals surface area contributed by atoms with E-state index in [0.717, 1.165) is 39.0 Å². The summed E-state index contributed by atoms with van der Waals surface area (Å²) in [6.45, 7) is 4.13. The van der Waals surface area contributed by atoms with Crippen molar-refractivity contribution in [1.82, 2.24) is 0 Å². The van der Waals surface area contributed by atoms with Crippen molar-refractivity contribution in [3.8, 4) is 11.1 Å². The van der Waals surface area contributed by atoms with Crippen LogP contribution in [0.25, 0.3) is 22.8 Å². The molecule has 1 aliphatic carbocycles. The number of fused-ring (bicyclic) bond motifs is 3. The monoisotopic (exact) mass is 300 g/mol. The van der Waals surface area contributed by atoms with Crippen LogP contribution in [0.4, 0.5) is 4.39 Å². The van der Waals surface area contributed by atoms with Crippen molar-refractivity contribution in [3.63, 3.8) is 0 Å². The zero-order chi connectivity index (χ0) is 16.0. The number of hydrogen-bond acceptors (Lipinski definition) is 0. The molecule has 0 amide bonds. The second-order valence-electron chi connectivity index (χ2n) is 6.13. The van der Waals surface area contributed by atoms with Gasteiger partial charge in [0.15, 0.2) is 0 Å². The van der Waals surface area contributed by atoms with Gasteiger partial charge in [0.2, 0.25) is 0 Å². The second kappa shape index (κ2) is 5.20. The van der Waals surface area contributed by atoms with Gasteiger partial charge in [0.05, 0.1) is 0 Å². The van der Waals surface area contributed by atoms with E-state index in [4.69, 9.17) is 0 Å². The Hall–Kier alpha value is -2.67. The Morgan fingerprint density at radius 1 is 0.739 bits per heavy atom. The number of halogens is 1. The summed E-state index contributed by atoms with van der Waals surface area (Å²) < 4.78 is 14.5. The minimum absolute atomic E-state index is 0.148. The number of hydrogen-bond donors (Lipinski definition) is 0. The minimum Gasteiger partial charge on any atom is -0.206 e. The molecule has 0 heterocycles. The highest BCUT2D eigenvalue weighted by Crippen LogP contribution is 2.47. The fraction of sp³-hybridized carbons (Fsp3) is 0.0909. The Kier molecular flexibility index (Phi) is 3.16. The smallest absolute Gasteiger partial charge is 0.131 e. The molecule has 112 valence electrons. The van der Waals surface area contributed by atoms with E-state index in [0.29, 0.717) is 0 Å². The van der Waals surface area contributed by atoms with Crippen molar-refractivity contribution >= 4 is 11.6 Å². The van der Waals surface area contributed by atoms with Gasteiger partial charge >= 0.3 is 0 Å². The molecule has 23 heavy (non-hydrogen) atoms. The van der Waals surface area contributed by atoms with Gasteiger partial charge in [-0.2, -0.15) is 0 Å². The molecule has 0 N–H and O–H groups in total. The summed E-state index contributed by atoms with van der Waals surface area (Å²) in [7, 11) is 0. The molecule has 0 unspecified atom stereocenters. The fourth-order valence-corrected chi connectivity index (χ4v) is 3.34. The van der Waals surface area contributed by atoms with Crippen LogP contribution in [-0.2, 0) is 0 Å². The van der Waals surface area contributed by atoms with E-state index in [9.17, 15) is 4.39 Å². The van der Waals surface area contributed by atoms with E-state index < -0.39 is 0 Å². The first kappa shape index (κ1) is 14.0. The van der Waals surface area contributed by atoms with E-state index >= 15 is 0 Å². The van der Waals surface area contributed by atoms with Crippen LogP contribution in [0.2, 0.25) is 0 Å². The highest BCUT2D eigenvalue weighted by molar-refractivity contribution is 6.07. The summed E-state index contributed by atoms with van der Waals surface area (Å²) in [6.07, 6.45) is 2.16. The van der Waals surface area contributed by atoms with Gasteiger partial charge in [-0.1, -0.05) is 60.2 Å². The van der Waals surface area contributed by atoms with E-state index in [1.54, 1.807) is 6.07 Å². The largest absolute Gasteiger partial charge is 0.206 e. The van der Waals surface area contributed by atoms with Gasteiger partial charge in [0.25, 0.3) is 0 Å². The van der Waals surface area contributed by atoms with Crippen molar-refractivity contribution in [2.75, 3.05) is 0 Å². The lowest BCUT2D eigenvalue weighted by Crippen LogP contribution is -1.89. The minimum atomic E-state index is -0.148. The summed E-state index contributed by atoms with van der Waals surface area (Å²) in [4.78, 5) is 0. The zero-order valence-corrected chi connectivity index (χ0v) is 13.2. The van der Waals surface area contributed by atoms with Crippen molar-refractivity contribution in [2.45, 2.75) is 13.8 Å². The predicted molar refractivity (Wildman–Crippen MR) is 94.7 cm³/mol. The molecule has 4 rings (SSSR count). The third-order valence-electron chi connectivity index (χ3n) is 4.51. The first-order valence-corrected chi connectivity index (χ1v) is 7.83. The Morgan fingerprint density at radius 2 is 1.43 bits per heavy atom. The quantitative estimate of drug-likeness (QED) is 0.404. The second-order valence-corrected chi connectivity index (χ2v) is 6.13. The standard InChI is InChI=1S/C22H17F/c1-14-7-10-16(11-8-14)13-19-17-5-3-4-6-18(17)22-20(23)12-9-15(2)21(19)22/h3-13H,1-2H3/b19-13+. The molecule has 0 fully saturated rings. The SMILES string of the molecule is Cc1ccc(/C=C2\c3ccccc3-c3c(F)ccc(C)c32)cc1. The van der Waals surface area contributed by atoms with E-state index in [-0.39, 0.29) is 5.82 Å². The summed E-state index contributed by atoms with van der Waals surface area (Å²) in [5, 5.41) is 0. The average molecular weight is 300 g/mol. The van der Waals surface area contributed by atoms with E-state index in [1.807, 2.05) is 31.2 Å². The molecule has 0 aromatic heterocycles. The molecular weight excluding hydrogens is 283 g/mol.